The van der Waals surface area contributed by atoms with Crippen LogP contribution in [0.2, 0.25) is 0 Å². The van der Waals surface area contributed by atoms with Gasteiger partial charge in [0.1, 0.15) is 5.75 Å². The maximum atomic E-state index is 12.2. The number of rotatable bonds is 4. The van der Waals surface area contributed by atoms with Crippen LogP contribution in [0.25, 0.3) is 0 Å². The number of hydrazone groups is 1. The second-order valence-corrected chi connectivity index (χ2v) is 6.69. The van der Waals surface area contributed by atoms with Crippen molar-refractivity contribution in [2.75, 3.05) is 7.11 Å². The van der Waals surface area contributed by atoms with Crippen molar-refractivity contribution in [2.45, 2.75) is 33.1 Å². The van der Waals surface area contributed by atoms with Gasteiger partial charge in [-0.2, -0.15) is 5.10 Å². The van der Waals surface area contributed by atoms with Gasteiger partial charge in [0.05, 0.1) is 12.8 Å². The molecular weight excluding hydrogens is 300 g/mol. The number of nitrogens with zero attached hydrogens (tertiary/aromatic N) is 1. The summed E-state index contributed by atoms with van der Waals surface area (Å²) in [6, 6.07) is 15.2. The second kappa shape index (κ2) is 7.30. The number of hydrogen-bond acceptors (Lipinski definition) is 3. The van der Waals surface area contributed by atoms with Crippen molar-refractivity contribution in [1.82, 2.24) is 5.43 Å². The first-order chi connectivity index (χ1) is 11.3. The summed E-state index contributed by atoms with van der Waals surface area (Å²) in [7, 11) is 1.63. The van der Waals surface area contributed by atoms with Crippen LogP contribution in [0.15, 0.2) is 53.6 Å². The van der Waals surface area contributed by atoms with Gasteiger partial charge in [0.25, 0.3) is 5.91 Å². The van der Waals surface area contributed by atoms with E-state index in [2.05, 4.69) is 31.3 Å². The highest BCUT2D eigenvalue weighted by atomic mass is 16.5. The van der Waals surface area contributed by atoms with E-state index in [0.29, 0.717) is 5.56 Å². The van der Waals surface area contributed by atoms with Crippen LogP contribution in [0.3, 0.4) is 0 Å². The molecule has 1 N–H and O–H groups in total. The minimum absolute atomic E-state index is 0.0676. The Balaban J connectivity index is 2.05. The first kappa shape index (κ1) is 17.7. The molecule has 0 spiro atoms. The first-order valence-electron chi connectivity index (χ1n) is 7.91. The van der Waals surface area contributed by atoms with Crippen LogP contribution >= 0.6 is 0 Å². The topological polar surface area (TPSA) is 50.7 Å². The largest absolute Gasteiger partial charge is 0.497 e. The predicted molar refractivity (Wildman–Crippen MR) is 97.8 cm³/mol. The fourth-order valence-electron chi connectivity index (χ4n) is 2.22. The fourth-order valence-corrected chi connectivity index (χ4v) is 2.22. The normalized spacial score (nSPS) is 12.0. The van der Waals surface area contributed by atoms with E-state index in [1.54, 1.807) is 7.11 Å². The average molecular weight is 324 g/mol. The third kappa shape index (κ3) is 4.44. The Kier molecular flexibility index (Phi) is 5.39. The molecule has 0 radical (unpaired) electrons. The molecular formula is C20H24N2O2. The molecule has 0 aliphatic carbocycles. The Morgan fingerprint density at radius 3 is 2.00 bits per heavy atom. The molecule has 2 aromatic rings. The summed E-state index contributed by atoms with van der Waals surface area (Å²) >= 11 is 0. The number of nitrogens with one attached hydrogen (secondary N) is 1. The quantitative estimate of drug-likeness (QED) is 0.678. The molecule has 0 fully saturated rings. The number of carbonyl (C=O) groups excluding carboxylic acids is 1. The molecule has 4 heteroatoms. The zero-order valence-electron chi connectivity index (χ0n) is 14.9. The summed E-state index contributed by atoms with van der Waals surface area (Å²) in [6.07, 6.45) is 0. The van der Waals surface area contributed by atoms with Crippen LogP contribution < -0.4 is 10.2 Å². The molecule has 4 nitrogen and oxygen atoms in total. The summed E-state index contributed by atoms with van der Waals surface area (Å²) in [5.41, 5.74) is 6.12. The molecule has 126 valence electrons. The van der Waals surface area contributed by atoms with Crippen molar-refractivity contribution in [3.63, 3.8) is 0 Å². The van der Waals surface area contributed by atoms with E-state index in [-0.39, 0.29) is 11.3 Å². The smallest absolute Gasteiger partial charge is 0.271 e. The zero-order chi connectivity index (χ0) is 17.7. The molecule has 0 aliphatic heterocycles. The van der Waals surface area contributed by atoms with Crippen molar-refractivity contribution in [1.29, 1.82) is 0 Å². The van der Waals surface area contributed by atoms with Crippen molar-refractivity contribution in [3.05, 3.63) is 65.2 Å². The van der Waals surface area contributed by atoms with Gasteiger partial charge in [-0.15, -0.1) is 0 Å². The van der Waals surface area contributed by atoms with Crippen molar-refractivity contribution < 1.29 is 9.53 Å². The number of carbonyl (C=O) groups is 1. The highest BCUT2D eigenvalue weighted by Crippen LogP contribution is 2.22. The number of hydrogen-bond donors (Lipinski definition) is 1. The van der Waals surface area contributed by atoms with Crippen LogP contribution in [-0.2, 0) is 5.41 Å². The van der Waals surface area contributed by atoms with Crippen LogP contribution in [0.5, 0.6) is 5.75 Å². The third-order valence-corrected chi connectivity index (χ3v) is 3.85. The molecule has 0 heterocycles. The molecule has 0 atom stereocenters. The molecule has 2 aromatic carbocycles. The third-order valence-electron chi connectivity index (χ3n) is 3.85. The lowest BCUT2D eigenvalue weighted by Crippen LogP contribution is -2.20. The van der Waals surface area contributed by atoms with E-state index < -0.39 is 0 Å². The molecule has 0 saturated carbocycles. The molecule has 2 rings (SSSR count). The van der Waals surface area contributed by atoms with E-state index in [1.807, 2.05) is 55.5 Å². The number of ether oxygens (including phenoxy) is 1. The van der Waals surface area contributed by atoms with Gasteiger partial charge >= 0.3 is 0 Å². The highest BCUT2D eigenvalue weighted by molar-refractivity contribution is 6.00. The lowest BCUT2D eigenvalue weighted by Gasteiger charge is -2.18. The Morgan fingerprint density at radius 1 is 0.958 bits per heavy atom. The zero-order valence-corrected chi connectivity index (χ0v) is 14.9. The van der Waals surface area contributed by atoms with Crippen molar-refractivity contribution in [2.24, 2.45) is 5.10 Å². The Labute approximate surface area is 143 Å². The molecule has 0 aromatic heterocycles. The molecule has 0 saturated heterocycles. The minimum atomic E-state index is -0.219. The summed E-state index contributed by atoms with van der Waals surface area (Å²) in [6.45, 7) is 8.28. The molecule has 1 amide bonds. The van der Waals surface area contributed by atoms with Crippen molar-refractivity contribution in [3.8, 4) is 5.75 Å². The number of methoxy groups -OCH3 is 1. The standard InChI is InChI=1S/C20H24N2O2/c1-14(15-8-12-18(24-5)13-9-15)21-22-19(23)16-6-10-17(11-7-16)20(2,3)4/h6-13H,1-5H3,(H,22,23)/b21-14-. The minimum Gasteiger partial charge on any atom is -0.497 e. The summed E-state index contributed by atoms with van der Waals surface area (Å²) < 4.78 is 5.13. The lowest BCUT2D eigenvalue weighted by molar-refractivity contribution is 0.0955. The van der Waals surface area contributed by atoms with E-state index in [0.717, 1.165) is 17.0 Å². The van der Waals surface area contributed by atoms with Crippen LogP contribution in [0, 0.1) is 0 Å². The van der Waals surface area contributed by atoms with E-state index in [9.17, 15) is 4.79 Å². The predicted octanol–water partition coefficient (Wildman–Crippen LogP) is 4.15. The Morgan fingerprint density at radius 2 is 1.50 bits per heavy atom. The second-order valence-electron chi connectivity index (χ2n) is 6.69. The first-order valence-corrected chi connectivity index (χ1v) is 7.91. The van der Waals surface area contributed by atoms with Gasteiger partial charge in [0.2, 0.25) is 0 Å². The summed E-state index contributed by atoms with van der Waals surface area (Å²) in [5, 5.41) is 4.17. The van der Waals surface area contributed by atoms with E-state index in [1.165, 1.54) is 5.56 Å². The van der Waals surface area contributed by atoms with Crippen LogP contribution in [0.1, 0.15) is 49.2 Å². The van der Waals surface area contributed by atoms with Crippen LogP contribution in [0.4, 0.5) is 0 Å². The van der Waals surface area contributed by atoms with E-state index in [4.69, 9.17) is 4.74 Å². The number of amides is 1. The average Bonchev–Trinajstić information content (AvgIpc) is 2.58. The number of benzene rings is 2. The summed E-state index contributed by atoms with van der Waals surface area (Å²) in [5.74, 6) is 0.567. The molecule has 24 heavy (non-hydrogen) atoms. The van der Waals surface area contributed by atoms with Gasteiger partial charge in [0, 0.05) is 5.56 Å². The summed E-state index contributed by atoms with van der Waals surface area (Å²) in [4.78, 5) is 12.2. The molecule has 0 unspecified atom stereocenters. The van der Waals surface area contributed by atoms with Gasteiger partial charge in [-0.3, -0.25) is 4.79 Å². The maximum Gasteiger partial charge on any atom is 0.271 e. The fraction of sp³-hybridized carbons (Fsp3) is 0.300. The lowest BCUT2D eigenvalue weighted by atomic mass is 9.87. The Bertz CT molecular complexity index is 724. The van der Waals surface area contributed by atoms with Gasteiger partial charge in [0.15, 0.2) is 0 Å². The van der Waals surface area contributed by atoms with Gasteiger partial charge in [-0.25, -0.2) is 5.43 Å². The molecule has 0 aliphatic rings. The van der Waals surface area contributed by atoms with E-state index >= 15 is 0 Å². The monoisotopic (exact) mass is 324 g/mol. The highest BCUT2D eigenvalue weighted by Gasteiger charge is 2.14. The maximum absolute atomic E-state index is 12.2. The van der Waals surface area contributed by atoms with Gasteiger partial charge in [-0.05, 0) is 59.9 Å². The van der Waals surface area contributed by atoms with Crippen molar-refractivity contribution >= 4 is 11.6 Å². The van der Waals surface area contributed by atoms with Gasteiger partial charge in [-0.1, -0.05) is 32.9 Å². The molecule has 0 bridgehead atoms. The SMILES string of the molecule is COc1ccc(/C(C)=N\NC(=O)c2ccc(C(C)(C)C)cc2)cc1. The van der Waals surface area contributed by atoms with Crippen LogP contribution in [-0.4, -0.2) is 18.7 Å². The van der Waals surface area contributed by atoms with Gasteiger partial charge < -0.3 is 4.74 Å². The Hall–Kier alpha value is -2.62.